The van der Waals surface area contributed by atoms with Crippen LogP contribution in [0.5, 0.6) is 0 Å². The van der Waals surface area contributed by atoms with E-state index in [0.29, 0.717) is 22.2 Å². The lowest BCUT2D eigenvalue weighted by atomic mass is 10.1. The van der Waals surface area contributed by atoms with Crippen molar-refractivity contribution in [3.63, 3.8) is 0 Å². The fraction of sp³-hybridized carbons (Fsp3) is 0.125. The Labute approximate surface area is 218 Å². The third-order valence-corrected chi connectivity index (χ3v) is 7.13. The normalized spacial score (nSPS) is 11.9. The Morgan fingerprint density at radius 3 is 2.49 bits per heavy atom. The number of halogens is 4. The summed E-state index contributed by atoms with van der Waals surface area (Å²) in [5, 5.41) is 2.81. The van der Waals surface area contributed by atoms with E-state index in [1.54, 1.807) is 24.3 Å². The molecule has 4 aromatic rings. The number of alkyl halides is 3. The minimum atomic E-state index is -4.70. The van der Waals surface area contributed by atoms with Crippen LogP contribution in [-0.4, -0.2) is 33.5 Å². The molecule has 2 heterocycles. The molecular weight excluding hydrogens is 549 g/mol. The highest BCUT2D eigenvalue weighted by molar-refractivity contribution is 7.92. The van der Waals surface area contributed by atoms with Gasteiger partial charge in [0.1, 0.15) is 5.82 Å². The second-order valence-electron chi connectivity index (χ2n) is 8.24. The van der Waals surface area contributed by atoms with E-state index in [2.05, 4.69) is 14.7 Å². The molecule has 192 valence electrons. The van der Waals surface area contributed by atoms with E-state index in [4.69, 9.17) is 17.3 Å². The topological polar surface area (TPSA) is 115 Å². The van der Waals surface area contributed by atoms with Crippen molar-refractivity contribution in [2.45, 2.75) is 6.18 Å². The standard InChI is InChI=1S/C24H18ClF3N4O3S2/c1-37(2,35)32-23(34)14-8-16(21(29)30-11-14)20-10-13-7-15(4-6-19(13)36-20)31-22(33)12-3-5-18(25)17(9-12)24(26,27)28/h3-11H,1-2H3,(H2,29,30)(H,31,33). The number of carbonyl (C=O) groups excluding carboxylic acids is 2. The van der Waals surface area contributed by atoms with Crippen LogP contribution in [0.15, 0.2) is 59.1 Å². The second kappa shape index (κ2) is 9.77. The van der Waals surface area contributed by atoms with Crippen molar-refractivity contribution in [3.8, 4) is 10.4 Å². The molecule has 2 aromatic carbocycles. The number of nitrogens with zero attached hydrogens (tertiary/aromatic N) is 2. The summed E-state index contributed by atoms with van der Waals surface area (Å²) in [4.78, 5) is 29.7. The molecule has 2 amide bonds. The van der Waals surface area contributed by atoms with Crippen LogP contribution in [0.1, 0.15) is 26.3 Å². The number of hydrogen-bond acceptors (Lipinski definition) is 6. The number of hydrogen-bond donors (Lipinski definition) is 2. The van der Waals surface area contributed by atoms with E-state index in [0.717, 1.165) is 16.2 Å². The van der Waals surface area contributed by atoms with Crippen molar-refractivity contribution in [2.24, 2.45) is 4.36 Å². The number of nitrogens with one attached hydrogen (secondary N) is 1. The first-order valence-electron chi connectivity index (χ1n) is 10.4. The number of benzene rings is 2. The van der Waals surface area contributed by atoms with Crippen LogP contribution in [0.2, 0.25) is 5.02 Å². The number of nitrogen functional groups attached to an aromatic ring is 1. The molecule has 0 aliphatic carbocycles. The Bertz CT molecular complexity index is 1680. The van der Waals surface area contributed by atoms with Gasteiger partial charge in [0, 0.05) is 54.8 Å². The Balaban J connectivity index is 1.63. The van der Waals surface area contributed by atoms with Crippen LogP contribution >= 0.6 is 22.9 Å². The summed E-state index contributed by atoms with van der Waals surface area (Å²) in [5.74, 6) is -1.23. The molecule has 3 N–H and O–H groups in total. The zero-order chi connectivity index (χ0) is 27.1. The smallest absolute Gasteiger partial charge is 0.383 e. The fourth-order valence-electron chi connectivity index (χ4n) is 3.38. The predicted molar refractivity (Wildman–Crippen MR) is 141 cm³/mol. The maximum absolute atomic E-state index is 13.1. The van der Waals surface area contributed by atoms with E-state index < -0.39 is 38.3 Å². The summed E-state index contributed by atoms with van der Waals surface area (Å²) in [5.41, 5.74) is 5.71. The molecule has 0 saturated carbocycles. The summed E-state index contributed by atoms with van der Waals surface area (Å²) < 4.78 is 55.8. The highest BCUT2D eigenvalue weighted by atomic mass is 35.5. The molecule has 13 heteroatoms. The zero-order valence-corrected chi connectivity index (χ0v) is 21.6. The first-order valence-corrected chi connectivity index (χ1v) is 13.9. The fourth-order valence-corrected chi connectivity index (χ4v) is 5.18. The number of carbonyl (C=O) groups is 2. The molecule has 0 aliphatic rings. The van der Waals surface area contributed by atoms with Crippen LogP contribution in [-0.2, 0) is 15.9 Å². The van der Waals surface area contributed by atoms with Gasteiger partial charge in [-0.15, -0.1) is 11.3 Å². The molecule has 0 unspecified atom stereocenters. The van der Waals surface area contributed by atoms with Gasteiger partial charge in [0.2, 0.25) is 0 Å². The maximum Gasteiger partial charge on any atom is 0.417 e. The molecule has 2 aromatic heterocycles. The molecule has 37 heavy (non-hydrogen) atoms. The number of nitrogens with two attached hydrogens (primary N) is 1. The third-order valence-electron chi connectivity index (χ3n) is 5.04. The third kappa shape index (κ3) is 6.09. The molecule has 0 aliphatic heterocycles. The SMILES string of the molecule is CS(C)(=O)=NC(=O)c1cnc(N)c(-c2cc3cc(NC(=O)c4ccc(Cl)c(C(F)(F)F)c4)ccc3s2)c1. The minimum absolute atomic E-state index is 0.132. The lowest BCUT2D eigenvalue weighted by molar-refractivity contribution is -0.137. The van der Waals surface area contributed by atoms with Gasteiger partial charge in [-0.25, -0.2) is 9.19 Å². The largest absolute Gasteiger partial charge is 0.417 e. The summed E-state index contributed by atoms with van der Waals surface area (Å²) >= 11 is 6.99. The van der Waals surface area contributed by atoms with Crippen molar-refractivity contribution in [3.05, 3.63) is 76.4 Å². The number of amides is 2. The number of rotatable bonds is 4. The van der Waals surface area contributed by atoms with Gasteiger partial charge in [0.15, 0.2) is 0 Å². The van der Waals surface area contributed by atoms with Crippen LogP contribution in [0, 0.1) is 0 Å². The van der Waals surface area contributed by atoms with Gasteiger partial charge in [-0.2, -0.15) is 17.5 Å². The van der Waals surface area contributed by atoms with E-state index in [1.807, 2.05) is 0 Å². The van der Waals surface area contributed by atoms with Crippen molar-refractivity contribution in [1.82, 2.24) is 4.98 Å². The molecule has 0 bridgehead atoms. The molecule has 0 fully saturated rings. The maximum atomic E-state index is 13.1. The molecule has 0 radical (unpaired) electrons. The second-order valence-corrected chi connectivity index (χ2v) is 12.3. The number of fused-ring (bicyclic) bond motifs is 1. The number of anilines is 2. The van der Waals surface area contributed by atoms with Gasteiger partial charge in [-0.1, -0.05) is 11.6 Å². The summed E-state index contributed by atoms with van der Waals surface area (Å²) in [6, 6.07) is 11.2. The van der Waals surface area contributed by atoms with Crippen molar-refractivity contribution >= 4 is 66.1 Å². The average molecular weight is 567 g/mol. The van der Waals surface area contributed by atoms with Crippen molar-refractivity contribution in [2.75, 3.05) is 23.6 Å². The molecule has 7 nitrogen and oxygen atoms in total. The van der Waals surface area contributed by atoms with Gasteiger partial charge >= 0.3 is 6.18 Å². The van der Waals surface area contributed by atoms with E-state index in [1.165, 1.54) is 42.2 Å². The van der Waals surface area contributed by atoms with E-state index >= 15 is 0 Å². The Morgan fingerprint density at radius 2 is 1.81 bits per heavy atom. The molecule has 0 saturated heterocycles. The van der Waals surface area contributed by atoms with E-state index in [9.17, 15) is 27.0 Å². The summed E-state index contributed by atoms with van der Waals surface area (Å²) in [6.45, 7) is 0. The lowest BCUT2D eigenvalue weighted by Crippen LogP contribution is -2.14. The summed E-state index contributed by atoms with van der Waals surface area (Å²) in [7, 11) is -2.65. The average Bonchev–Trinajstić information content (AvgIpc) is 3.20. The van der Waals surface area contributed by atoms with Crippen molar-refractivity contribution in [1.29, 1.82) is 0 Å². The first kappa shape index (κ1) is 26.6. The number of aromatic nitrogens is 1. The summed E-state index contributed by atoms with van der Waals surface area (Å²) in [6.07, 6.45) is -0.738. The van der Waals surface area contributed by atoms with Crippen LogP contribution < -0.4 is 11.1 Å². The Morgan fingerprint density at radius 1 is 1.08 bits per heavy atom. The van der Waals surface area contributed by atoms with Gasteiger partial charge in [0.25, 0.3) is 11.8 Å². The molecular formula is C24H18ClF3N4O3S2. The van der Waals surface area contributed by atoms with Gasteiger partial charge in [-0.05, 0) is 53.9 Å². The highest BCUT2D eigenvalue weighted by Crippen LogP contribution is 2.38. The first-order chi connectivity index (χ1) is 17.2. The van der Waals surface area contributed by atoms with Crippen LogP contribution in [0.3, 0.4) is 0 Å². The van der Waals surface area contributed by atoms with Crippen molar-refractivity contribution < 1.29 is 27.0 Å². The quantitative estimate of drug-likeness (QED) is 0.299. The lowest BCUT2D eigenvalue weighted by Gasteiger charge is -2.11. The van der Waals surface area contributed by atoms with Gasteiger partial charge < -0.3 is 11.1 Å². The van der Waals surface area contributed by atoms with Gasteiger partial charge in [-0.3, -0.25) is 9.59 Å². The van der Waals surface area contributed by atoms with E-state index in [-0.39, 0.29) is 16.9 Å². The Hall–Kier alpha value is -3.48. The highest BCUT2D eigenvalue weighted by Gasteiger charge is 2.33. The van der Waals surface area contributed by atoms with Crippen LogP contribution in [0.25, 0.3) is 20.5 Å². The Kier molecular flexibility index (Phi) is 7.01. The number of pyridine rings is 1. The zero-order valence-electron chi connectivity index (χ0n) is 19.2. The van der Waals surface area contributed by atoms with Crippen LogP contribution in [0.4, 0.5) is 24.7 Å². The monoisotopic (exact) mass is 566 g/mol. The molecule has 0 atom stereocenters. The van der Waals surface area contributed by atoms with Gasteiger partial charge in [0.05, 0.1) is 16.1 Å². The predicted octanol–water partition coefficient (Wildman–Crippen LogP) is 6.34. The number of thiophene rings is 1. The molecule has 4 rings (SSSR count). The molecule has 0 spiro atoms. The minimum Gasteiger partial charge on any atom is -0.383 e.